The highest BCUT2D eigenvalue weighted by molar-refractivity contribution is 8.00. The Morgan fingerprint density at radius 2 is 1.88 bits per heavy atom. The Morgan fingerprint density at radius 3 is 2.52 bits per heavy atom. The lowest BCUT2D eigenvalue weighted by atomic mass is 10.3. The third kappa shape index (κ3) is 4.19. The minimum Gasteiger partial charge on any atom is -0.333 e. The topological polar surface area (TPSA) is 118 Å². The van der Waals surface area contributed by atoms with E-state index in [0.29, 0.717) is 10.8 Å². The molecule has 3 aromatic rings. The molecule has 1 atom stereocenters. The van der Waals surface area contributed by atoms with Crippen LogP contribution >= 0.6 is 11.8 Å². The van der Waals surface area contributed by atoms with E-state index in [4.69, 9.17) is 5.14 Å². The number of amides is 1. The largest absolute Gasteiger partial charge is 0.333 e. The maximum atomic E-state index is 12.3. The molecular weight excluding hydrogens is 360 g/mol. The van der Waals surface area contributed by atoms with Crippen LogP contribution in [0.15, 0.2) is 58.6 Å². The van der Waals surface area contributed by atoms with Gasteiger partial charge < -0.3 is 10.3 Å². The number of nitrogens with one attached hydrogen (secondary N) is 2. The summed E-state index contributed by atoms with van der Waals surface area (Å²) < 4.78 is 22.5. The number of carbonyl (C=O) groups excluding carboxylic acids is 1. The number of nitrogens with two attached hydrogens (primary N) is 1. The molecule has 4 N–H and O–H groups in total. The number of hydrogen-bond donors (Lipinski definition) is 3. The van der Waals surface area contributed by atoms with Gasteiger partial charge in [-0.2, -0.15) is 0 Å². The van der Waals surface area contributed by atoms with E-state index < -0.39 is 15.3 Å². The zero-order chi connectivity index (χ0) is 18.0. The summed E-state index contributed by atoms with van der Waals surface area (Å²) in [5, 5.41) is 8.05. The van der Waals surface area contributed by atoms with Crippen LogP contribution in [-0.4, -0.2) is 29.5 Å². The first-order valence-electron chi connectivity index (χ1n) is 7.38. The predicted octanol–water partition coefficient (Wildman–Crippen LogP) is 2.33. The number of fused-ring (bicyclic) bond motifs is 1. The lowest BCUT2D eigenvalue weighted by molar-refractivity contribution is -0.115. The number of nitrogens with zero attached hydrogens (tertiary/aromatic N) is 1. The smallest absolute Gasteiger partial charge is 0.238 e. The van der Waals surface area contributed by atoms with E-state index in [0.717, 1.165) is 11.0 Å². The van der Waals surface area contributed by atoms with E-state index in [1.165, 1.54) is 36.0 Å². The third-order valence-electron chi connectivity index (χ3n) is 3.48. The maximum absolute atomic E-state index is 12.3. The maximum Gasteiger partial charge on any atom is 0.238 e. The Labute approximate surface area is 149 Å². The highest BCUT2D eigenvalue weighted by Crippen LogP contribution is 2.24. The number of carbonyl (C=O) groups is 1. The number of primary sulfonamides is 1. The minimum atomic E-state index is -3.75. The van der Waals surface area contributed by atoms with Crippen LogP contribution in [0.5, 0.6) is 0 Å². The molecule has 0 fully saturated rings. The zero-order valence-electron chi connectivity index (χ0n) is 13.3. The second-order valence-corrected chi connectivity index (χ2v) is 8.27. The molecule has 1 amide bonds. The molecule has 3 rings (SSSR count). The first-order valence-corrected chi connectivity index (χ1v) is 9.81. The molecule has 0 radical (unpaired) electrons. The summed E-state index contributed by atoms with van der Waals surface area (Å²) >= 11 is 1.31. The fourth-order valence-corrected chi connectivity index (χ4v) is 3.51. The monoisotopic (exact) mass is 376 g/mol. The molecule has 0 saturated carbocycles. The molecule has 7 nitrogen and oxygen atoms in total. The number of imidazole rings is 1. The average Bonchev–Trinajstić information content (AvgIpc) is 2.96. The van der Waals surface area contributed by atoms with Crippen LogP contribution < -0.4 is 10.5 Å². The number of aromatic nitrogens is 2. The van der Waals surface area contributed by atoms with Gasteiger partial charge in [-0.1, -0.05) is 23.9 Å². The van der Waals surface area contributed by atoms with Gasteiger partial charge in [-0.15, -0.1) is 0 Å². The summed E-state index contributed by atoms with van der Waals surface area (Å²) in [6.07, 6.45) is 0. The summed E-state index contributed by atoms with van der Waals surface area (Å²) in [7, 11) is -3.75. The van der Waals surface area contributed by atoms with Crippen molar-refractivity contribution in [3.05, 3.63) is 48.5 Å². The Bertz CT molecular complexity index is 980. The quantitative estimate of drug-likeness (QED) is 0.591. The van der Waals surface area contributed by atoms with Crippen LogP contribution in [0.4, 0.5) is 5.69 Å². The predicted molar refractivity (Wildman–Crippen MR) is 97.9 cm³/mol. The molecule has 2 aromatic carbocycles. The number of rotatable bonds is 5. The van der Waals surface area contributed by atoms with Gasteiger partial charge in [-0.3, -0.25) is 4.79 Å². The Balaban J connectivity index is 1.66. The van der Waals surface area contributed by atoms with Crippen LogP contribution in [0.2, 0.25) is 0 Å². The van der Waals surface area contributed by atoms with E-state index in [1.807, 2.05) is 24.3 Å². The van der Waals surface area contributed by atoms with Gasteiger partial charge in [0.15, 0.2) is 5.16 Å². The van der Waals surface area contributed by atoms with Gasteiger partial charge in [-0.25, -0.2) is 18.5 Å². The lowest BCUT2D eigenvalue weighted by Gasteiger charge is -2.10. The van der Waals surface area contributed by atoms with Gasteiger partial charge >= 0.3 is 0 Å². The fourth-order valence-electron chi connectivity index (χ4n) is 2.18. The van der Waals surface area contributed by atoms with E-state index in [1.54, 1.807) is 6.92 Å². The van der Waals surface area contributed by atoms with Crippen LogP contribution in [0.3, 0.4) is 0 Å². The molecule has 0 aliphatic carbocycles. The first kappa shape index (κ1) is 17.5. The molecule has 130 valence electrons. The molecule has 0 saturated heterocycles. The number of benzene rings is 2. The highest BCUT2D eigenvalue weighted by atomic mass is 32.2. The number of sulfonamides is 1. The number of hydrogen-bond acceptors (Lipinski definition) is 5. The summed E-state index contributed by atoms with van der Waals surface area (Å²) in [5.74, 6) is -0.214. The molecular formula is C16H16N4O3S2. The van der Waals surface area contributed by atoms with Gasteiger partial charge in [0.1, 0.15) is 0 Å². The first-order chi connectivity index (χ1) is 11.8. The standard InChI is InChI=1S/C16H16N4O3S2/c1-10(24-16-19-13-4-2-3-5-14(13)20-16)15(21)18-11-6-8-12(9-7-11)25(17,22)23/h2-10H,1H3,(H,18,21)(H,19,20)(H2,17,22,23)/t10-/m0/s1. The normalized spacial score (nSPS) is 12.9. The van der Waals surface area contributed by atoms with Gasteiger partial charge in [-0.05, 0) is 43.3 Å². The number of H-pyrrole nitrogens is 1. The minimum absolute atomic E-state index is 0.00445. The van der Waals surface area contributed by atoms with Crippen molar-refractivity contribution in [2.75, 3.05) is 5.32 Å². The van der Waals surface area contributed by atoms with Crippen LogP contribution in [-0.2, 0) is 14.8 Å². The second kappa shape index (κ2) is 6.87. The Kier molecular flexibility index (Phi) is 4.80. The molecule has 0 bridgehead atoms. The molecule has 0 unspecified atom stereocenters. The SMILES string of the molecule is C[C@H](Sc1nc2ccccc2[nH]1)C(=O)Nc1ccc(S(N)(=O)=O)cc1. The Hall–Kier alpha value is -2.36. The van der Waals surface area contributed by atoms with Crippen molar-refractivity contribution in [2.45, 2.75) is 22.2 Å². The number of anilines is 1. The van der Waals surface area contributed by atoms with E-state index >= 15 is 0 Å². The molecule has 0 spiro atoms. The summed E-state index contributed by atoms with van der Waals surface area (Å²) in [5.41, 5.74) is 2.25. The average molecular weight is 376 g/mol. The molecule has 1 heterocycles. The van der Waals surface area contributed by atoms with Crippen molar-refractivity contribution in [1.82, 2.24) is 9.97 Å². The van der Waals surface area contributed by atoms with Crippen molar-refractivity contribution in [1.29, 1.82) is 0 Å². The molecule has 0 aliphatic heterocycles. The number of thioether (sulfide) groups is 1. The highest BCUT2D eigenvalue weighted by Gasteiger charge is 2.17. The molecule has 9 heteroatoms. The van der Waals surface area contributed by atoms with Gasteiger partial charge in [0.05, 0.1) is 21.2 Å². The van der Waals surface area contributed by atoms with Crippen LogP contribution in [0.1, 0.15) is 6.92 Å². The van der Waals surface area contributed by atoms with Crippen molar-refractivity contribution in [3.8, 4) is 0 Å². The van der Waals surface area contributed by atoms with E-state index in [-0.39, 0.29) is 10.8 Å². The zero-order valence-corrected chi connectivity index (χ0v) is 14.9. The fraction of sp³-hybridized carbons (Fsp3) is 0.125. The van der Waals surface area contributed by atoms with Gasteiger partial charge in [0.25, 0.3) is 0 Å². The van der Waals surface area contributed by atoms with Crippen molar-refractivity contribution in [2.24, 2.45) is 5.14 Å². The molecule has 1 aromatic heterocycles. The summed E-state index contributed by atoms with van der Waals surface area (Å²) in [6.45, 7) is 1.77. The van der Waals surface area contributed by atoms with Crippen molar-refractivity contribution >= 4 is 44.4 Å². The Morgan fingerprint density at radius 1 is 1.20 bits per heavy atom. The van der Waals surface area contributed by atoms with Crippen molar-refractivity contribution < 1.29 is 13.2 Å². The van der Waals surface area contributed by atoms with E-state index in [9.17, 15) is 13.2 Å². The van der Waals surface area contributed by atoms with E-state index in [2.05, 4.69) is 15.3 Å². The molecule has 25 heavy (non-hydrogen) atoms. The summed E-state index contributed by atoms with van der Waals surface area (Å²) in [6, 6.07) is 13.3. The second-order valence-electron chi connectivity index (χ2n) is 5.38. The van der Waals surface area contributed by atoms with Crippen molar-refractivity contribution in [3.63, 3.8) is 0 Å². The van der Waals surface area contributed by atoms with Gasteiger partial charge in [0.2, 0.25) is 15.9 Å². The third-order valence-corrected chi connectivity index (χ3v) is 5.39. The number of aromatic amines is 1. The van der Waals surface area contributed by atoms with Crippen LogP contribution in [0.25, 0.3) is 11.0 Å². The van der Waals surface area contributed by atoms with Gasteiger partial charge in [0, 0.05) is 5.69 Å². The van der Waals surface area contributed by atoms with Crippen LogP contribution in [0, 0.1) is 0 Å². The molecule has 0 aliphatic rings. The lowest BCUT2D eigenvalue weighted by Crippen LogP contribution is -2.22. The summed E-state index contributed by atoms with van der Waals surface area (Å²) in [4.78, 5) is 19.9. The number of para-hydroxylation sites is 2.